The topological polar surface area (TPSA) is 62.6 Å². The minimum absolute atomic E-state index is 0.163. The molecule has 1 aliphatic rings. The molecule has 0 bridgehead atoms. The number of hydrogen-bond acceptors (Lipinski definition) is 4. The molecular weight excluding hydrogens is 372 g/mol. The van der Waals surface area contributed by atoms with E-state index in [1.807, 2.05) is 25.1 Å². The van der Waals surface area contributed by atoms with Crippen LogP contribution in [0.4, 0.5) is 0 Å². The van der Waals surface area contributed by atoms with E-state index in [0.29, 0.717) is 0 Å². The molecule has 1 aliphatic heterocycles. The maximum atomic E-state index is 12.7. The fourth-order valence-corrected chi connectivity index (χ4v) is 4.70. The average Bonchev–Trinajstić information content (AvgIpc) is 3.23. The number of rotatable bonds is 6. The molecule has 0 saturated carbocycles. The molecule has 0 fully saturated rings. The molecule has 0 unspecified atom stereocenters. The summed E-state index contributed by atoms with van der Waals surface area (Å²) in [5.74, 6) is 0.769. The number of hydrogen-bond donors (Lipinski definition) is 1. The maximum Gasteiger partial charge on any atom is 0.240 e. The molecule has 1 aromatic heterocycles. The van der Waals surface area contributed by atoms with Crippen LogP contribution in [0.1, 0.15) is 28.5 Å². The number of nitrogens with zero attached hydrogens (tertiary/aromatic N) is 1. The summed E-state index contributed by atoms with van der Waals surface area (Å²) in [6.07, 6.45) is 2.58. The fourth-order valence-electron chi connectivity index (χ4n) is 3.66. The van der Waals surface area contributed by atoms with Gasteiger partial charge in [0.25, 0.3) is 0 Å². The summed E-state index contributed by atoms with van der Waals surface area (Å²) < 4.78 is 33.9. The number of benzene rings is 2. The molecule has 6 heteroatoms. The SMILES string of the molecule is Cc1ccc(S(=O)(=O)NC[C@H](c2ccco2)N2CCc3ccccc3C2)cc1. The van der Waals surface area contributed by atoms with Crippen molar-refractivity contribution in [3.05, 3.63) is 89.4 Å². The summed E-state index contributed by atoms with van der Waals surface area (Å²) in [5.41, 5.74) is 3.67. The van der Waals surface area contributed by atoms with E-state index in [1.54, 1.807) is 30.5 Å². The zero-order valence-corrected chi connectivity index (χ0v) is 16.7. The van der Waals surface area contributed by atoms with Crippen LogP contribution in [0.2, 0.25) is 0 Å². The first-order chi connectivity index (χ1) is 13.5. The summed E-state index contributed by atoms with van der Waals surface area (Å²) in [6.45, 7) is 3.82. The molecule has 0 amide bonds. The Balaban J connectivity index is 1.54. The zero-order valence-electron chi connectivity index (χ0n) is 15.8. The maximum absolute atomic E-state index is 12.7. The van der Waals surface area contributed by atoms with Crippen molar-refractivity contribution in [2.24, 2.45) is 0 Å². The first kappa shape index (κ1) is 18.9. The Kier molecular flexibility index (Phi) is 5.35. The van der Waals surface area contributed by atoms with Gasteiger partial charge in [-0.05, 0) is 48.7 Å². The summed E-state index contributed by atoms with van der Waals surface area (Å²) in [6, 6.07) is 18.9. The van der Waals surface area contributed by atoms with E-state index < -0.39 is 10.0 Å². The predicted octanol–water partition coefficient (Wildman–Crippen LogP) is 3.67. The van der Waals surface area contributed by atoms with E-state index in [9.17, 15) is 8.42 Å². The Morgan fingerprint density at radius 3 is 2.50 bits per heavy atom. The molecule has 2 heterocycles. The second-order valence-electron chi connectivity index (χ2n) is 7.19. The van der Waals surface area contributed by atoms with Crippen molar-refractivity contribution in [3.8, 4) is 0 Å². The lowest BCUT2D eigenvalue weighted by molar-refractivity contribution is 0.160. The molecule has 3 aromatic rings. The lowest BCUT2D eigenvalue weighted by Gasteiger charge is -2.34. The monoisotopic (exact) mass is 396 g/mol. The number of nitrogens with one attached hydrogen (secondary N) is 1. The number of sulfonamides is 1. The second-order valence-corrected chi connectivity index (χ2v) is 8.95. The van der Waals surface area contributed by atoms with Crippen molar-refractivity contribution in [1.82, 2.24) is 9.62 Å². The van der Waals surface area contributed by atoms with Gasteiger partial charge in [-0.15, -0.1) is 0 Å². The van der Waals surface area contributed by atoms with Gasteiger partial charge in [0, 0.05) is 19.6 Å². The van der Waals surface area contributed by atoms with Gasteiger partial charge in [-0.1, -0.05) is 42.0 Å². The average molecular weight is 397 g/mol. The van der Waals surface area contributed by atoms with E-state index >= 15 is 0 Å². The molecular formula is C22H24N2O3S. The summed E-state index contributed by atoms with van der Waals surface area (Å²) in [7, 11) is -3.58. The largest absolute Gasteiger partial charge is 0.468 e. The van der Waals surface area contributed by atoms with Crippen LogP contribution < -0.4 is 4.72 Å². The molecule has 0 aliphatic carbocycles. The molecule has 28 heavy (non-hydrogen) atoms. The van der Waals surface area contributed by atoms with Crippen LogP contribution in [0.5, 0.6) is 0 Å². The Bertz CT molecular complexity index is 1030. The normalized spacial score (nSPS) is 15.9. The highest BCUT2D eigenvalue weighted by Crippen LogP contribution is 2.28. The third-order valence-corrected chi connectivity index (χ3v) is 6.71. The fraction of sp³-hybridized carbons (Fsp3) is 0.273. The smallest absolute Gasteiger partial charge is 0.240 e. The van der Waals surface area contributed by atoms with Crippen molar-refractivity contribution >= 4 is 10.0 Å². The first-order valence-corrected chi connectivity index (χ1v) is 10.9. The van der Waals surface area contributed by atoms with Gasteiger partial charge in [0.2, 0.25) is 10.0 Å². The van der Waals surface area contributed by atoms with Gasteiger partial charge >= 0.3 is 0 Å². The number of furan rings is 1. The Morgan fingerprint density at radius 1 is 1.04 bits per heavy atom. The van der Waals surface area contributed by atoms with Crippen LogP contribution in [0.25, 0.3) is 0 Å². The van der Waals surface area contributed by atoms with Crippen molar-refractivity contribution in [2.45, 2.75) is 30.8 Å². The van der Waals surface area contributed by atoms with E-state index in [4.69, 9.17) is 4.42 Å². The van der Waals surface area contributed by atoms with Gasteiger partial charge in [0.15, 0.2) is 0 Å². The van der Waals surface area contributed by atoms with E-state index in [0.717, 1.165) is 30.8 Å². The van der Waals surface area contributed by atoms with Gasteiger partial charge in [0.05, 0.1) is 17.2 Å². The van der Waals surface area contributed by atoms with Crippen molar-refractivity contribution in [3.63, 3.8) is 0 Å². The third-order valence-electron chi connectivity index (χ3n) is 5.27. The molecule has 0 radical (unpaired) electrons. The summed E-state index contributed by atoms with van der Waals surface area (Å²) >= 11 is 0. The van der Waals surface area contributed by atoms with Crippen LogP contribution >= 0.6 is 0 Å². The van der Waals surface area contributed by atoms with Crippen molar-refractivity contribution in [2.75, 3.05) is 13.1 Å². The molecule has 146 valence electrons. The standard InChI is InChI=1S/C22H24N2O3S/c1-17-8-10-20(11-9-17)28(25,26)23-15-21(22-7-4-14-27-22)24-13-12-18-5-2-3-6-19(18)16-24/h2-11,14,21,23H,12-13,15-16H2,1H3/t21-/m1/s1. The highest BCUT2D eigenvalue weighted by molar-refractivity contribution is 7.89. The lowest BCUT2D eigenvalue weighted by Crippen LogP contribution is -2.40. The van der Waals surface area contributed by atoms with Crippen LogP contribution in [0, 0.1) is 6.92 Å². The minimum Gasteiger partial charge on any atom is -0.468 e. The predicted molar refractivity (Wildman–Crippen MR) is 108 cm³/mol. The molecule has 2 aromatic carbocycles. The number of fused-ring (bicyclic) bond motifs is 1. The zero-order chi connectivity index (χ0) is 19.6. The highest BCUT2D eigenvalue weighted by Gasteiger charge is 2.28. The van der Waals surface area contributed by atoms with Gasteiger partial charge in [-0.3, -0.25) is 4.90 Å². The van der Waals surface area contributed by atoms with Crippen molar-refractivity contribution in [1.29, 1.82) is 0 Å². The molecule has 0 saturated heterocycles. The van der Waals surface area contributed by atoms with Gasteiger partial charge in [0.1, 0.15) is 5.76 Å². The van der Waals surface area contributed by atoms with Crippen LogP contribution in [0.3, 0.4) is 0 Å². The van der Waals surface area contributed by atoms with E-state index in [1.165, 1.54) is 11.1 Å². The van der Waals surface area contributed by atoms with E-state index in [2.05, 4.69) is 27.8 Å². The Morgan fingerprint density at radius 2 is 1.79 bits per heavy atom. The van der Waals surface area contributed by atoms with Gasteiger partial charge in [-0.25, -0.2) is 13.1 Å². The second kappa shape index (κ2) is 7.91. The van der Waals surface area contributed by atoms with Gasteiger partial charge < -0.3 is 4.42 Å². The first-order valence-electron chi connectivity index (χ1n) is 9.43. The Hall–Kier alpha value is -2.41. The molecule has 5 nitrogen and oxygen atoms in total. The van der Waals surface area contributed by atoms with E-state index in [-0.39, 0.29) is 17.5 Å². The summed E-state index contributed by atoms with van der Waals surface area (Å²) in [5, 5.41) is 0. The molecule has 4 rings (SSSR count). The van der Waals surface area contributed by atoms with Crippen LogP contribution in [-0.4, -0.2) is 26.4 Å². The lowest BCUT2D eigenvalue weighted by atomic mass is 9.98. The number of aryl methyl sites for hydroxylation is 1. The Labute approximate surface area is 166 Å². The minimum atomic E-state index is -3.58. The van der Waals surface area contributed by atoms with Crippen molar-refractivity contribution < 1.29 is 12.8 Å². The molecule has 1 atom stereocenters. The quantitative estimate of drug-likeness (QED) is 0.691. The highest BCUT2D eigenvalue weighted by atomic mass is 32.2. The molecule has 1 N–H and O–H groups in total. The summed E-state index contributed by atoms with van der Waals surface area (Å²) in [4.78, 5) is 2.55. The van der Waals surface area contributed by atoms with Crippen LogP contribution in [-0.2, 0) is 23.0 Å². The van der Waals surface area contributed by atoms with Gasteiger partial charge in [-0.2, -0.15) is 0 Å². The third kappa shape index (κ3) is 4.04. The van der Waals surface area contributed by atoms with Crippen LogP contribution in [0.15, 0.2) is 76.2 Å². The molecule has 0 spiro atoms.